The SMILES string of the molecule is O=C=C(Nc1cccc(C(F)(F)F)c1)C(=O)O. The number of halogens is 3. The number of hydrogen-bond donors (Lipinski definition) is 2. The van der Waals surface area contributed by atoms with Crippen molar-refractivity contribution < 1.29 is 27.9 Å². The van der Waals surface area contributed by atoms with Gasteiger partial charge in [0.1, 0.15) is 0 Å². The molecule has 1 rings (SSSR count). The molecule has 1 aromatic carbocycles. The number of carboxylic acids is 1. The first-order valence-corrected chi connectivity index (χ1v) is 4.27. The molecule has 0 radical (unpaired) electrons. The molecule has 0 spiro atoms. The molecular weight excluding hydrogens is 239 g/mol. The van der Waals surface area contributed by atoms with E-state index in [9.17, 15) is 22.8 Å². The Morgan fingerprint density at radius 1 is 1.35 bits per heavy atom. The molecule has 0 bridgehead atoms. The number of carboxylic acid groups (broad SMARTS) is 1. The van der Waals surface area contributed by atoms with Crippen molar-refractivity contribution >= 4 is 17.6 Å². The summed E-state index contributed by atoms with van der Waals surface area (Å²) in [5, 5.41) is 10.5. The lowest BCUT2D eigenvalue weighted by molar-refractivity contribution is -0.137. The highest BCUT2D eigenvalue weighted by molar-refractivity contribution is 5.98. The molecular formula is C10H6F3NO3. The summed E-state index contributed by atoms with van der Waals surface area (Å²) in [6, 6.07) is 3.82. The third-order valence-corrected chi connectivity index (χ3v) is 1.78. The molecule has 7 heteroatoms. The highest BCUT2D eigenvalue weighted by Gasteiger charge is 2.30. The monoisotopic (exact) mass is 245 g/mol. The van der Waals surface area contributed by atoms with Crippen molar-refractivity contribution in [2.24, 2.45) is 0 Å². The average Bonchev–Trinajstić information content (AvgIpc) is 2.24. The van der Waals surface area contributed by atoms with E-state index in [-0.39, 0.29) is 5.69 Å². The summed E-state index contributed by atoms with van der Waals surface area (Å²) in [4.78, 5) is 20.6. The molecule has 17 heavy (non-hydrogen) atoms. The van der Waals surface area contributed by atoms with E-state index in [1.807, 2.05) is 5.32 Å². The van der Waals surface area contributed by atoms with Crippen molar-refractivity contribution in [1.29, 1.82) is 0 Å². The van der Waals surface area contributed by atoms with Gasteiger partial charge in [0.25, 0.3) is 0 Å². The van der Waals surface area contributed by atoms with E-state index in [1.165, 1.54) is 6.07 Å². The van der Waals surface area contributed by atoms with Crippen molar-refractivity contribution in [3.63, 3.8) is 0 Å². The molecule has 90 valence electrons. The maximum atomic E-state index is 12.3. The number of alkyl halides is 3. The Hall–Kier alpha value is -2.27. The third kappa shape index (κ3) is 3.35. The van der Waals surface area contributed by atoms with Crippen LogP contribution in [0.25, 0.3) is 0 Å². The van der Waals surface area contributed by atoms with E-state index in [1.54, 1.807) is 0 Å². The molecule has 0 atom stereocenters. The lowest BCUT2D eigenvalue weighted by Crippen LogP contribution is -2.12. The van der Waals surface area contributed by atoms with E-state index >= 15 is 0 Å². The fourth-order valence-electron chi connectivity index (χ4n) is 1.04. The maximum Gasteiger partial charge on any atom is 0.416 e. The Morgan fingerprint density at radius 3 is 2.47 bits per heavy atom. The third-order valence-electron chi connectivity index (χ3n) is 1.78. The quantitative estimate of drug-likeness (QED) is 0.630. The van der Waals surface area contributed by atoms with Gasteiger partial charge in [0, 0.05) is 5.69 Å². The van der Waals surface area contributed by atoms with Crippen molar-refractivity contribution in [1.82, 2.24) is 0 Å². The molecule has 0 heterocycles. The number of aliphatic carboxylic acids is 1. The van der Waals surface area contributed by atoms with Gasteiger partial charge < -0.3 is 10.4 Å². The van der Waals surface area contributed by atoms with Crippen LogP contribution in [-0.4, -0.2) is 17.0 Å². The lowest BCUT2D eigenvalue weighted by atomic mass is 10.2. The van der Waals surface area contributed by atoms with Crippen molar-refractivity contribution in [3.05, 3.63) is 35.5 Å². The van der Waals surface area contributed by atoms with Crippen LogP contribution in [0.4, 0.5) is 18.9 Å². The topological polar surface area (TPSA) is 66.4 Å². The first-order chi connectivity index (χ1) is 7.84. The standard InChI is InChI=1S/C10H6F3NO3/c11-10(12,13)6-2-1-3-7(4-6)14-8(5-15)9(16)17/h1-4,14H,(H,16,17). The Bertz CT molecular complexity index is 490. The van der Waals surface area contributed by atoms with Crippen LogP contribution in [-0.2, 0) is 15.8 Å². The van der Waals surface area contributed by atoms with Gasteiger partial charge in [0.2, 0.25) is 5.70 Å². The Kier molecular flexibility index (Phi) is 3.55. The summed E-state index contributed by atoms with van der Waals surface area (Å²) in [7, 11) is 0. The van der Waals surface area contributed by atoms with Gasteiger partial charge in [-0.3, -0.25) is 0 Å². The van der Waals surface area contributed by atoms with Crippen molar-refractivity contribution in [3.8, 4) is 0 Å². The molecule has 0 aliphatic heterocycles. The molecule has 0 saturated carbocycles. The number of rotatable bonds is 3. The van der Waals surface area contributed by atoms with Crippen molar-refractivity contribution in [2.75, 3.05) is 5.32 Å². The second-order valence-electron chi connectivity index (χ2n) is 2.99. The van der Waals surface area contributed by atoms with Gasteiger partial charge >= 0.3 is 12.1 Å². The van der Waals surface area contributed by atoms with Gasteiger partial charge in [0.05, 0.1) is 5.56 Å². The van der Waals surface area contributed by atoms with Crippen LogP contribution >= 0.6 is 0 Å². The van der Waals surface area contributed by atoms with Gasteiger partial charge in [0.15, 0.2) is 5.94 Å². The molecule has 0 fully saturated rings. The van der Waals surface area contributed by atoms with Gasteiger partial charge in [-0.2, -0.15) is 13.2 Å². The molecule has 1 aromatic rings. The van der Waals surface area contributed by atoms with Gasteiger partial charge in [-0.05, 0) is 18.2 Å². The number of carbonyl (C=O) groups is 1. The summed E-state index contributed by atoms with van der Waals surface area (Å²) in [6.07, 6.45) is -4.54. The van der Waals surface area contributed by atoms with Crippen LogP contribution in [0.2, 0.25) is 0 Å². The molecule has 0 aliphatic rings. The summed E-state index contributed by atoms with van der Waals surface area (Å²) >= 11 is 0. The van der Waals surface area contributed by atoms with Crippen LogP contribution in [0, 0.1) is 0 Å². The van der Waals surface area contributed by atoms with E-state index in [0.717, 1.165) is 18.1 Å². The first-order valence-electron chi connectivity index (χ1n) is 4.27. The minimum atomic E-state index is -4.54. The molecule has 0 unspecified atom stereocenters. The second kappa shape index (κ2) is 4.71. The second-order valence-corrected chi connectivity index (χ2v) is 2.99. The fourth-order valence-corrected chi connectivity index (χ4v) is 1.04. The van der Waals surface area contributed by atoms with Gasteiger partial charge in [-0.1, -0.05) is 6.07 Å². The Morgan fingerprint density at radius 2 is 2.00 bits per heavy atom. The molecule has 0 saturated heterocycles. The molecule has 4 nitrogen and oxygen atoms in total. The van der Waals surface area contributed by atoms with E-state index in [2.05, 4.69) is 0 Å². The number of benzene rings is 1. The van der Waals surface area contributed by atoms with Crippen LogP contribution < -0.4 is 5.32 Å². The van der Waals surface area contributed by atoms with E-state index in [4.69, 9.17) is 5.11 Å². The summed E-state index contributed by atoms with van der Waals surface area (Å²) < 4.78 is 37.0. The summed E-state index contributed by atoms with van der Waals surface area (Å²) in [5.41, 5.74) is -1.96. The van der Waals surface area contributed by atoms with E-state index in [0.29, 0.717) is 6.07 Å². The zero-order valence-electron chi connectivity index (χ0n) is 8.21. The van der Waals surface area contributed by atoms with Crippen molar-refractivity contribution in [2.45, 2.75) is 6.18 Å². The highest BCUT2D eigenvalue weighted by atomic mass is 19.4. The summed E-state index contributed by atoms with van der Waals surface area (Å²) in [6.45, 7) is 0. The average molecular weight is 245 g/mol. The normalized spacial score (nSPS) is 10.5. The van der Waals surface area contributed by atoms with E-state index < -0.39 is 23.4 Å². The maximum absolute atomic E-state index is 12.3. The van der Waals surface area contributed by atoms with Crippen LogP contribution in [0.5, 0.6) is 0 Å². The number of hydrogen-bond acceptors (Lipinski definition) is 3. The van der Waals surface area contributed by atoms with Gasteiger partial charge in [-0.15, -0.1) is 0 Å². The minimum Gasteiger partial charge on any atom is -0.476 e. The zero-order valence-corrected chi connectivity index (χ0v) is 8.21. The smallest absolute Gasteiger partial charge is 0.416 e. The van der Waals surface area contributed by atoms with Crippen LogP contribution in [0.3, 0.4) is 0 Å². The predicted molar refractivity (Wildman–Crippen MR) is 51.9 cm³/mol. The van der Waals surface area contributed by atoms with Crippen LogP contribution in [0.1, 0.15) is 5.56 Å². The highest BCUT2D eigenvalue weighted by Crippen LogP contribution is 2.30. The Labute approximate surface area is 93.4 Å². The molecule has 2 N–H and O–H groups in total. The fraction of sp³-hybridized carbons (Fsp3) is 0.100. The number of nitrogens with one attached hydrogen (secondary N) is 1. The largest absolute Gasteiger partial charge is 0.476 e. The molecule has 0 aromatic heterocycles. The summed E-state index contributed by atoms with van der Waals surface area (Å²) in [5.74, 6) is -0.517. The Balaban J connectivity index is 3.02. The minimum absolute atomic E-state index is 0.152. The molecule has 0 aliphatic carbocycles. The van der Waals surface area contributed by atoms with Gasteiger partial charge in [-0.25, -0.2) is 9.59 Å². The zero-order chi connectivity index (χ0) is 13.1. The predicted octanol–water partition coefficient (Wildman–Crippen LogP) is 1.92. The first kappa shape index (κ1) is 12.8. The number of anilines is 1. The molecule has 0 amide bonds. The lowest BCUT2D eigenvalue weighted by Gasteiger charge is -2.09. The van der Waals surface area contributed by atoms with Crippen LogP contribution in [0.15, 0.2) is 30.0 Å². The number of carbonyl (C=O) groups excluding carboxylic acids is 1.